The van der Waals surface area contributed by atoms with E-state index in [4.69, 9.17) is 10.5 Å². The van der Waals surface area contributed by atoms with Gasteiger partial charge in [0.05, 0.1) is 11.6 Å². The predicted octanol–water partition coefficient (Wildman–Crippen LogP) is 1.75. The van der Waals surface area contributed by atoms with Gasteiger partial charge in [0.2, 0.25) is 0 Å². The normalized spacial score (nSPS) is 9.88. The van der Waals surface area contributed by atoms with Gasteiger partial charge >= 0.3 is 0 Å². The molecule has 0 aliphatic rings. The molecule has 2 aromatic heterocycles. The van der Waals surface area contributed by atoms with E-state index in [-0.39, 0.29) is 5.69 Å². The van der Waals surface area contributed by atoms with Gasteiger partial charge in [0.25, 0.3) is 0 Å². The summed E-state index contributed by atoms with van der Waals surface area (Å²) in [4.78, 5) is 9.27. The molecule has 0 saturated carbocycles. The summed E-state index contributed by atoms with van der Waals surface area (Å²) in [6.45, 7) is 4.26. The second kappa shape index (κ2) is 4.36. The van der Waals surface area contributed by atoms with Crippen molar-refractivity contribution < 1.29 is 0 Å². The van der Waals surface area contributed by atoms with Gasteiger partial charge in [-0.3, -0.25) is 0 Å². The van der Waals surface area contributed by atoms with Crippen LogP contribution in [0.15, 0.2) is 6.20 Å². The van der Waals surface area contributed by atoms with Gasteiger partial charge in [-0.2, -0.15) is 10.5 Å². The number of nitrogens with zero attached hydrogens (tertiary/aromatic N) is 5. The van der Waals surface area contributed by atoms with Crippen LogP contribution in [0.4, 0.5) is 0 Å². The summed E-state index contributed by atoms with van der Waals surface area (Å²) in [6, 6.07) is 3.96. The third kappa shape index (κ3) is 2.03. The lowest BCUT2D eigenvalue weighted by Gasteiger charge is -2.03. The fraction of sp³-hybridized carbons (Fsp3) is 0.273. The number of aryl methyl sites for hydroxylation is 2. The molecule has 0 aliphatic heterocycles. The third-order valence-electron chi connectivity index (χ3n) is 2.35. The van der Waals surface area contributed by atoms with Crippen molar-refractivity contribution in [1.29, 1.82) is 10.5 Å². The molecule has 0 amide bonds. The molecule has 0 bridgehead atoms. The SMILES string of the molecule is Cc1ncc(Cn2c(C)nc(C#N)c2C#N)s1. The Labute approximate surface area is 103 Å². The number of rotatable bonds is 2. The Bertz CT molecular complexity index is 638. The van der Waals surface area contributed by atoms with E-state index in [2.05, 4.69) is 9.97 Å². The fourth-order valence-electron chi connectivity index (χ4n) is 1.58. The molecule has 5 nitrogen and oxygen atoms in total. The van der Waals surface area contributed by atoms with Crippen LogP contribution in [0.3, 0.4) is 0 Å². The van der Waals surface area contributed by atoms with Crippen molar-refractivity contribution in [2.45, 2.75) is 20.4 Å². The molecule has 0 saturated heterocycles. The third-order valence-corrected chi connectivity index (χ3v) is 3.25. The molecular weight excluding hydrogens is 234 g/mol. The Morgan fingerprint density at radius 1 is 1.35 bits per heavy atom. The number of aromatic nitrogens is 3. The smallest absolute Gasteiger partial charge is 0.177 e. The first-order valence-electron chi connectivity index (χ1n) is 4.94. The molecule has 17 heavy (non-hydrogen) atoms. The molecular formula is C11H9N5S. The number of hydrogen-bond acceptors (Lipinski definition) is 5. The Hall–Kier alpha value is -2.18. The summed E-state index contributed by atoms with van der Waals surface area (Å²) in [5.74, 6) is 0.671. The van der Waals surface area contributed by atoms with E-state index in [1.807, 2.05) is 19.1 Å². The first-order chi connectivity index (χ1) is 8.15. The monoisotopic (exact) mass is 243 g/mol. The van der Waals surface area contributed by atoms with Gasteiger partial charge in [-0.25, -0.2) is 9.97 Å². The molecule has 0 fully saturated rings. The van der Waals surface area contributed by atoms with Crippen LogP contribution in [0.5, 0.6) is 0 Å². The van der Waals surface area contributed by atoms with Crippen molar-refractivity contribution in [1.82, 2.24) is 14.5 Å². The van der Waals surface area contributed by atoms with Gasteiger partial charge in [0, 0.05) is 11.1 Å². The van der Waals surface area contributed by atoms with Crippen molar-refractivity contribution in [3.05, 3.63) is 33.3 Å². The van der Waals surface area contributed by atoms with Crippen LogP contribution in [-0.4, -0.2) is 14.5 Å². The van der Waals surface area contributed by atoms with Crippen LogP contribution in [0.25, 0.3) is 0 Å². The highest BCUT2D eigenvalue weighted by Crippen LogP contribution is 2.17. The standard InChI is InChI=1S/C11H9N5S/c1-7-15-10(3-12)11(4-13)16(7)6-9-5-14-8(2)17-9/h5H,6H2,1-2H3. The first-order valence-corrected chi connectivity index (χ1v) is 5.76. The van der Waals surface area contributed by atoms with Crippen molar-refractivity contribution in [3.8, 4) is 12.1 Å². The summed E-state index contributed by atoms with van der Waals surface area (Å²) in [5, 5.41) is 18.9. The molecule has 2 aromatic rings. The van der Waals surface area contributed by atoms with E-state index in [0.29, 0.717) is 18.1 Å². The lowest BCUT2D eigenvalue weighted by Crippen LogP contribution is -2.03. The van der Waals surface area contributed by atoms with E-state index in [9.17, 15) is 0 Å². The van der Waals surface area contributed by atoms with Crippen LogP contribution in [0.1, 0.15) is 27.1 Å². The lowest BCUT2D eigenvalue weighted by atomic mass is 10.3. The molecule has 0 aromatic carbocycles. The lowest BCUT2D eigenvalue weighted by molar-refractivity contribution is 0.760. The van der Waals surface area contributed by atoms with Crippen LogP contribution in [0.2, 0.25) is 0 Å². The average molecular weight is 243 g/mol. The second-order valence-electron chi connectivity index (χ2n) is 3.51. The Kier molecular flexibility index (Phi) is 2.90. The van der Waals surface area contributed by atoms with Crippen molar-refractivity contribution in [2.24, 2.45) is 0 Å². The zero-order valence-corrected chi connectivity index (χ0v) is 10.2. The molecule has 0 radical (unpaired) electrons. The van der Waals surface area contributed by atoms with Crippen LogP contribution in [-0.2, 0) is 6.54 Å². The largest absolute Gasteiger partial charge is 0.314 e. The highest BCUT2D eigenvalue weighted by atomic mass is 32.1. The summed E-state index contributed by atoms with van der Waals surface area (Å²) in [5.41, 5.74) is 0.502. The van der Waals surface area contributed by atoms with Crippen molar-refractivity contribution in [2.75, 3.05) is 0 Å². The summed E-state index contributed by atoms with van der Waals surface area (Å²) >= 11 is 1.58. The van der Waals surface area contributed by atoms with Gasteiger partial charge in [0.1, 0.15) is 18.0 Å². The summed E-state index contributed by atoms with van der Waals surface area (Å²) in [7, 11) is 0. The predicted molar refractivity (Wildman–Crippen MR) is 62.3 cm³/mol. The molecule has 0 atom stereocenters. The van der Waals surface area contributed by atoms with Crippen LogP contribution >= 0.6 is 11.3 Å². The number of hydrogen-bond donors (Lipinski definition) is 0. The number of nitriles is 2. The zero-order chi connectivity index (χ0) is 12.4. The first kappa shape index (κ1) is 11.3. The minimum Gasteiger partial charge on any atom is -0.314 e. The number of imidazole rings is 1. The zero-order valence-electron chi connectivity index (χ0n) is 9.43. The van der Waals surface area contributed by atoms with Crippen molar-refractivity contribution >= 4 is 11.3 Å². The molecule has 2 rings (SSSR count). The highest BCUT2D eigenvalue weighted by Gasteiger charge is 2.14. The Morgan fingerprint density at radius 2 is 2.12 bits per heavy atom. The summed E-state index contributed by atoms with van der Waals surface area (Å²) in [6.07, 6.45) is 1.78. The van der Waals surface area contributed by atoms with Gasteiger partial charge in [-0.1, -0.05) is 0 Å². The molecule has 0 unspecified atom stereocenters. The van der Waals surface area contributed by atoms with Gasteiger partial charge in [-0.15, -0.1) is 11.3 Å². The second-order valence-corrected chi connectivity index (χ2v) is 4.83. The van der Waals surface area contributed by atoms with E-state index in [0.717, 1.165) is 9.88 Å². The maximum absolute atomic E-state index is 9.05. The van der Waals surface area contributed by atoms with E-state index in [1.54, 1.807) is 29.0 Å². The topological polar surface area (TPSA) is 78.3 Å². The molecule has 6 heteroatoms. The Morgan fingerprint density at radius 3 is 2.65 bits per heavy atom. The fourth-order valence-corrected chi connectivity index (χ4v) is 2.37. The maximum atomic E-state index is 9.05. The Balaban J connectivity index is 2.43. The van der Waals surface area contributed by atoms with E-state index in [1.165, 1.54) is 0 Å². The molecule has 84 valence electrons. The van der Waals surface area contributed by atoms with Gasteiger partial charge in [0.15, 0.2) is 11.4 Å². The number of thiazole rings is 1. The molecule has 0 spiro atoms. The van der Waals surface area contributed by atoms with Crippen LogP contribution < -0.4 is 0 Å². The molecule has 0 aliphatic carbocycles. The highest BCUT2D eigenvalue weighted by molar-refractivity contribution is 7.11. The van der Waals surface area contributed by atoms with Crippen LogP contribution in [0, 0.1) is 36.5 Å². The molecule has 0 N–H and O–H groups in total. The minimum atomic E-state index is 0.186. The van der Waals surface area contributed by atoms with Gasteiger partial charge in [-0.05, 0) is 13.8 Å². The quantitative estimate of drug-likeness (QED) is 0.804. The summed E-state index contributed by atoms with van der Waals surface area (Å²) < 4.78 is 1.74. The van der Waals surface area contributed by atoms with E-state index < -0.39 is 0 Å². The van der Waals surface area contributed by atoms with Gasteiger partial charge < -0.3 is 4.57 Å². The average Bonchev–Trinajstić information content (AvgIpc) is 2.84. The minimum absolute atomic E-state index is 0.186. The van der Waals surface area contributed by atoms with Crippen molar-refractivity contribution in [3.63, 3.8) is 0 Å². The molecule has 2 heterocycles. The van der Waals surface area contributed by atoms with E-state index >= 15 is 0 Å². The maximum Gasteiger partial charge on any atom is 0.177 e.